The first kappa shape index (κ1) is 17.8. The SMILES string of the molecule is O=C(O)c1ccccc1-c1ccc(Cn2cc(CCCCO)nn2)cc1. The van der Waals surface area contributed by atoms with Gasteiger partial charge in [0.05, 0.1) is 17.8 Å². The molecule has 0 atom stereocenters. The second-order valence-corrected chi connectivity index (χ2v) is 6.14. The lowest BCUT2D eigenvalue weighted by Gasteiger charge is -2.07. The molecule has 0 aliphatic carbocycles. The van der Waals surface area contributed by atoms with Crippen molar-refractivity contribution in [1.82, 2.24) is 15.0 Å². The highest BCUT2D eigenvalue weighted by molar-refractivity contribution is 5.95. The van der Waals surface area contributed by atoms with Gasteiger partial charge in [0.15, 0.2) is 0 Å². The van der Waals surface area contributed by atoms with Crippen molar-refractivity contribution in [3.63, 3.8) is 0 Å². The number of aliphatic hydroxyl groups excluding tert-OH is 1. The Balaban J connectivity index is 1.70. The summed E-state index contributed by atoms with van der Waals surface area (Å²) < 4.78 is 1.79. The van der Waals surface area contributed by atoms with Gasteiger partial charge in [-0.3, -0.25) is 0 Å². The molecule has 0 radical (unpaired) electrons. The molecule has 26 heavy (non-hydrogen) atoms. The molecule has 3 rings (SSSR count). The van der Waals surface area contributed by atoms with Gasteiger partial charge in [0.25, 0.3) is 0 Å². The molecular weight excluding hydrogens is 330 g/mol. The molecule has 134 valence electrons. The first-order valence-corrected chi connectivity index (χ1v) is 8.59. The Kier molecular flexibility index (Phi) is 5.76. The third kappa shape index (κ3) is 4.34. The van der Waals surface area contributed by atoms with Gasteiger partial charge in [-0.15, -0.1) is 5.10 Å². The maximum Gasteiger partial charge on any atom is 0.336 e. The number of aryl methyl sites for hydroxylation is 1. The topological polar surface area (TPSA) is 88.2 Å². The smallest absolute Gasteiger partial charge is 0.336 e. The lowest BCUT2D eigenvalue weighted by Crippen LogP contribution is -2.01. The molecule has 0 aliphatic heterocycles. The van der Waals surface area contributed by atoms with E-state index in [4.69, 9.17) is 5.11 Å². The number of hydrogen-bond acceptors (Lipinski definition) is 4. The second kappa shape index (κ2) is 8.40. The zero-order valence-electron chi connectivity index (χ0n) is 14.4. The molecule has 0 amide bonds. The number of rotatable bonds is 8. The number of nitrogens with zero attached hydrogens (tertiary/aromatic N) is 3. The number of aromatic nitrogens is 3. The van der Waals surface area contributed by atoms with Crippen LogP contribution >= 0.6 is 0 Å². The van der Waals surface area contributed by atoms with E-state index in [0.717, 1.165) is 36.1 Å². The fourth-order valence-corrected chi connectivity index (χ4v) is 2.85. The van der Waals surface area contributed by atoms with E-state index >= 15 is 0 Å². The molecule has 0 saturated heterocycles. The van der Waals surface area contributed by atoms with Crippen molar-refractivity contribution in [3.05, 3.63) is 71.5 Å². The van der Waals surface area contributed by atoms with Gasteiger partial charge in [-0.2, -0.15) is 0 Å². The summed E-state index contributed by atoms with van der Waals surface area (Å²) in [7, 11) is 0. The Labute approximate surface area is 151 Å². The van der Waals surface area contributed by atoms with Crippen molar-refractivity contribution < 1.29 is 15.0 Å². The molecule has 6 nitrogen and oxygen atoms in total. The van der Waals surface area contributed by atoms with Crippen molar-refractivity contribution in [1.29, 1.82) is 0 Å². The monoisotopic (exact) mass is 351 g/mol. The average Bonchev–Trinajstić information content (AvgIpc) is 3.10. The van der Waals surface area contributed by atoms with E-state index in [-0.39, 0.29) is 6.61 Å². The number of carboxylic acid groups (broad SMARTS) is 1. The molecule has 2 aromatic carbocycles. The van der Waals surface area contributed by atoms with Gasteiger partial charge in [0, 0.05) is 12.8 Å². The number of aliphatic hydroxyl groups is 1. The van der Waals surface area contributed by atoms with Crippen LogP contribution < -0.4 is 0 Å². The normalized spacial score (nSPS) is 10.8. The van der Waals surface area contributed by atoms with Crippen molar-refractivity contribution >= 4 is 5.97 Å². The predicted molar refractivity (Wildman–Crippen MR) is 98.0 cm³/mol. The number of unbranched alkanes of at least 4 members (excludes halogenated alkanes) is 1. The number of carbonyl (C=O) groups is 1. The zero-order chi connectivity index (χ0) is 18.4. The summed E-state index contributed by atoms with van der Waals surface area (Å²) in [5, 5.41) is 26.4. The van der Waals surface area contributed by atoms with Crippen LogP contribution in [0, 0.1) is 0 Å². The number of aromatic carboxylic acids is 1. The van der Waals surface area contributed by atoms with Crippen molar-refractivity contribution in [2.75, 3.05) is 6.61 Å². The van der Waals surface area contributed by atoms with Crippen molar-refractivity contribution in [3.8, 4) is 11.1 Å². The summed E-state index contributed by atoms with van der Waals surface area (Å²) in [6.45, 7) is 0.805. The largest absolute Gasteiger partial charge is 0.478 e. The Morgan fingerprint density at radius 3 is 2.54 bits per heavy atom. The molecule has 1 aromatic heterocycles. The molecular formula is C20H21N3O3. The molecule has 0 aliphatic rings. The van der Waals surface area contributed by atoms with Gasteiger partial charge in [0.1, 0.15) is 0 Å². The van der Waals surface area contributed by atoms with Crippen LogP contribution in [0.15, 0.2) is 54.7 Å². The Morgan fingerprint density at radius 2 is 1.81 bits per heavy atom. The van der Waals surface area contributed by atoms with Crippen LogP contribution in [-0.4, -0.2) is 37.8 Å². The van der Waals surface area contributed by atoms with E-state index in [2.05, 4.69) is 10.3 Å². The second-order valence-electron chi connectivity index (χ2n) is 6.14. The standard InChI is InChI=1S/C20H21N3O3/c24-12-4-3-5-17-14-23(22-21-17)13-15-8-10-16(11-9-15)18-6-1-2-7-19(18)20(25)26/h1-2,6-11,14,24H,3-5,12-13H2,(H,25,26). The maximum atomic E-state index is 11.4. The van der Waals surface area contributed by atoms with E-state index in [1.165, 1.54) is 0 Å². The quantitative estimate of drug-likeness (QED) is 0.609. The van der Waals surface area contributed by atoms with Crippen LogP contribution in [0.1, 0.15) is 34.5 Å². The molecule has 3 aromatic rings. The van der Waals surface area contributed by atoms with E-state index in [1.54, 1.807) is 16.8 Å². The maximum absolute atomic E-state index is 11.4. The summed E-state index contributed by atoms with van der Waals surface area (Å²) in [6.07, 6.45) is 4.40. The molecule has 6 heteroatoms. The summed E-state index contributed by atoms with van der Waals surface area (Å²) in [5.41, 5.74) is 3.86. The predicted octanol–water partition coefficient (Wildman–Crippen LogP) is 3.01. The molecule has 0 unspecified atom stereocenters. The zero-order valence-corrected chi connectivity index (χ0v) is 14.4. The van der Waals surface area contributed by atoms with E-state index < -0.39 is 5.97 Å². The van der Waals surface area contributed by atoms with Gasteiger partial charge in [-0.25, -0.2) is 9.48 Å². The van der Waals surface area contributed by atoms with Crippen LogP contribution in [-0.2, 0) is 13.0 Å². The van der Waals surface area contributed by atoms with E-state index in [0.29, 0.717) is 17.7 Å². The van der Waals surface area contributed by atoms with Crippen LogP contribution in [0.25, 0.3) is 11.1 Å². The van der Waals surface area contributed by atoms with Crippen LogP contribution in [0.5, 0.6) is 0 Å². The fraction of sp³-hybridized carbons (Fsp3) is 0.250. The first-order chi connectivity index (χ1) is 12.7. The van der Waals surface area contributed by atoms with Crippen molar-refractivity contribution in [2.45, 2.75) is 25.8 Å². The molecule has 0 saturated carbocycles. The highest BCUT2D eigenvalue weighted by atomic mass is 16.4. The Bertz CT molecular complexity index is 872. The van der Waals surface area contributed by atoms with Crippen LogP contribution in [0.4, 0.5) is 0 Å². The summed E-state index contributed by atoms with van der Waals surface area (Å²) in [5.74, 6) is -0.930. The highest BCUT2D eigenvalue weighted by Crippen LogP contribution is 2.24. The minimum absolute atomic E-state index is 0.200. The third-order valence-corrected chi connectivity index (χ3v) is 4.19. The van der Waals surface area contributed by atoms with E-state index in [9.17, 15) is 9.90 Å². The summed E-state index contributed by atoms with van der Waals surface area (Å²) in [4.78, 5) is 11.4. The van der Waals surface area contributed by atoms with Crippen LogP contribution in [0.2, 0.25) is 0 Å². The number of carboxylic acids is 1. The molecule has 0 bridgehead atoms. The van der Waals surface area contributed by atoms with Gasteiger partial charge >= 0.3 is 5.97 Å². The average molecular weight is 351 g/mol. The molecule has 0 spiro atoms. The molecule has 1 heterocycles. The lowest BCUT2D eigenvalue weighted by molar-refractivity contribution is 0.0697. The Hall–Kier alpha value is -2.99. The summed E-state index contributed by atoms with van der Waals surface area (Å²) >= 11 is 0. The van der Waals surface area contributed by atoms with Crippen molar-refractivity contribution in [2.24, 2.45) is 0 Å². The van der Waals surface area contributed by atoms with Gasteiger partial charge < -0.3 is 10.2 Å². The number of hydrogen-bond donors (Lipinski definition) is 2. The number of benzene rings is 2. The van der Waals surface area contributed by atoms with E-state index in [1.807, 2.05) is 42.6 Å². The van der Waals surface area contributed by atoms with Crippen LogP contribution in [0.3, 0.4) is 0 Å². The molecule has 2 N–H and O–H groups in total. The minimum atomic E-state index is -0.930. The fourth-order valence-electron chi connectivity index (χ4n) is 2.85. The summed E-state index contributed by atoms with van der Waals surface area (Å²) in [6, 6.07) is 14.8. The van der Waals surface area contributed by atoms with Gasteiger partial charge in [-0.1, -0.05) is 47.7 Å². The molecule has 0 fully saturated rings. The lowest BCUT2D eigenvalue weighted by atomic mass is 9.99. The van der Waals surface area contributed by atoms with Gasteiger partial charge in [0.2, 0.25) is 0 Å². The van der Waals surface area contributed by atoms with Gasteiger partial charge in [-0.05, 0) is 42.0 Å². The first-order valence-electron chi connectivity index (χ1n) is 8.59. The minimum Gasteiger partial charge on any atom is -0.478 e. The third-order valence-electron chi connectivity index (χ3n) is 4.19. The Morgan fingerprint density at radius 1 is 1.04 bits per heavy atom. The highest BCUT2D eigenvalue weighted by Gasteiger charge is 2.10.